The molecule has 1 rings (SSSR count). The Hall–Kier alpha value is -0.0400. The van der Waals surface area contributed by atoms with Crippen LogP contribution < -0.4 is 5.73 Å². The summed E-state index contributed by atoms with van der Waals surface area (Å²) >= 11 is 0. The number of hydrogen-bond acceptors (Lipinski definition) is 1. The fraction of sp³-hybridized carbons (Fsp3) is 1.00. The molecule has 0 radical (unpaired) electrons. The summed E-state index contributed by atoms with van der Waals surface area (Å²) in [5, 5.41) is 0. The van der Waals surface area contributed by atoms with Gasteiger partial charge in [-0.25, -0.2) is 0 Å². The molecule has 1 heteroatoms. The van der Waals surface area contributed by atoms with E-state index in [1.165, 1.54) is 19.3 Å². The summed E-state index contributed by atoms with van der Waals surface area (Å²) < 4.78 is 0. The van der Waals surface area contributed by atoms with Crippen molar-refractivity contribution in [2.45, 2.75) is 45.6 Å². The maximum Gasteiger partial charge on any atom is 0.0128 e. The second kappa shape index (κ2) is 2.54. The van der Waals surface area contributed by atoms with Gasteiger partial charge in [-0.05, 0) is 32.1 Å². The van der Waals surface area contributed by atoms with Gasteiger partial charge in [0, 0.05) is 5.54 Å². The summed E-state index contributed by atoms with van der Waals surface area (Å²) in [5.41, 5.74) is 6.04. The Morgan fingerprint density at radius 1 is 1.50 bits per heavy atom. The average Bonchev–Trinajstić information content (AvgIpc) is 2.44. The first-order valence-electron chi connectivity index (χ1n) is 4.34. The van der Waals surface area contributed by atoms with Crippen LogP contribution >= 0.6 is 0 Å². The van der Waals surface area contributed by atoms with Crippen LogP contribution in [0, 0.1) is 11.8 Å². The van der Waals surface area contributed by atoms with Crippen molar-refractivity contribution in [3.8, 4) is 0 Å². The summed E-state index contributed by atoms with van der Waals surface area (Å²) in [6, 6.07) is 0. The molecule has 0 aromatic rings. The molecule has 0 aromatic heterocycles. The fourth-order valence-electron chi connectivity index (χ4n) is 1.85. The Morgan fingerprint density at radius 2 is 2.10 bits per heavy atom. The van der Waals surface area contributed by atoms with E-state index in [4.69, 9.17) is 5.73 Å². The third kappa shape index (κ3) is 1.72. The molecule has 1 saturated carbocycles. The standard InChI is InChI=1S/C9H19N/c1-4-5-7-6-8(7)9(2,3)10/h7-8H,4-6,10H2,1-3H3. The van der Waals surface area contributed by atoms with Gasteiger partial charge in [0.05, 0.1) is 0 Å². The highest BCUT2D eigenvalue weighted by molar-refractivity contribution is 4.98. The molecule has 0 spiro atoms. The molecule has 1 fully saturated rings. The summed E-state index contributed by atoms with van der Waals surface area (Å²) in [5.74, 6) is 1.76. The summed E-state index contributed by atoms with van der Waals surface area (Å²) in [6.45, 7) is 6.54. The smallest absolute Gasteiger partial charge is 0.0128 e. The Bertz CT molecular complexity index is 112. The van der Waals surface area contributed by atoms with Crippen molar-refractivity contribution < 1.29 is 0 Å². The van der Waals surface area contributed by atoms with Crippen molar-refractivity contribution in [3.05, 3.63) is 0 Å². The van der Waals surface area contributed by atoms with Crippen LogP contribution in [0.3, 0.4) is 0 Å². The highest BCUT2D eigenvalue weighted by atomic mass is 14.8. The SMILES string of the molecule is CCCC1CC1C(C)(C)N. The van der Waals surface area contributed by atoms with E-state index >= 15 is 0 Å². The first kappa shape index (κ1) is 8.06. The average molecular weight is 141 g/mol. The Morgan fingerprint density at radius 3 is 2.40 bits per heavy atom. The summed E-state index contributed by atoms with van der Waals surface area (Å²) in [6.07, 6.45) is 4.07. The monoisotopic (exact) mass is 141 g/mol. The zero-order chi connectivity index (χ0) is 7.78. The van der Waals surface area contributed by atoms with Crippen LogP contribution in [0.1, 0.15) is 40.0 Å². The lowest BCUT2D eigenvalue weighted by atomic mass is 9.97. The highest BCUT2D eigenvalue weighted by Crippen LogP contribution is 2.47. The van der Waals surface area contributed by atoms with Crippen molar-refractivity contribution in [1.29, 1.82) is 0 Å². The lowest BCUT2D eigenvalue weighted by Crippen LogP contribution is -2.35. The molecule has 0 saturated heterocycles. The molecule has 2 atom stereocenters. The lowest BCUT2D eigenvalue weighted by Gasteiger charge is -2.18. The maximum absolute atomic E-state index is 5.96. The first-order valence-corrected chi connectivity index (χ1v) is 4.34. The molecular formula is C9H19N. The largest absolute Gasteiger partial charge is 0.325 e. The molecule has 2 unspecified atom stereocenters. The van der Waals surface area contributed by atoms with Gasteiger partial charge in [0.25, 0.3) is 0 Å². The number of hydrogen-bond donors (Lipinski definition) is 1. The summed E-state index contributed by atoms with van der Waals surface area (Å²) in [4.78, 5) is 0. The van der Waals surface area contributed by atoms with Crippen molar-refractivity contribution >= 4 is 0 Å². The molecular weight excluding hydrogens is 122 g/mol. The molecule has 0 aromatic carbocycles. The van der Waals surface area contributed by atoms with E-state index in [1.54, 1.807) is 0 Å². The van der Waals surface area contributed by atoms with E-state index in [0.29, 0.717) is 0 Å². The van der Waals surface area contributed by atoms with E-state index in [0.717, 1.165) is 11.8 Å². The van der Waals surface area contributed by atoms with Crippen molar-refractivity contribution in [1.82, 2.24) is 0 Å². The third-order valence-corrected chi connectivity index (χ3v) is 2.54. The molecule has 0 heterocycles. The molecule has 2 N–H and O–H groups in total. The van der Waals surface area contributed by atoms with Crippen LogP contribution in [0.5, 0.6) is 0 Å². The molecule has 1 aliphatic rings. The number of rotatable bonds is 3. The van der Waals surface area contributed by atoms with Gasteiger partial charge in [0.2, 0.25) is 0 Å². The molecule has 1 aliphatic carbocycles. The van der Waals surface area contributed by atoms with Gasteiger partial charge in [-0.3, -0.25) is 0 Å². The van der Waals surface area contributed by atoms with Crippen LogP contribution in [-0.2, 0) is 0 Å². The van der Waals surface area contributed by atoms with Crippen LogP contribution in [0.2, 0.25) is 0 Å². The van der Waals surface area contributed by atoms with Crippen LogP contribution in [0.25, 0.3) is 0 Å². The van der Waals surface area contributed by atoms with Gasteiger partial charge in [0.15, 0.2) is 0 Å². The van der Waals surface area contributed by atoms with E-state index in [-0.39, 0.29) is 5.54 Å². The van der Waals surface area contributed by atoms with Crippen LogP contribution in [-0.4, -0.2) is 5.54 Å². The molecule has 1 nitrogen and oxygen atoms in total. The maximum atomic E-state index is 5.96. The third-order valence-electron chi connectivity index (χ3n) is 2.54. The van der Waals surface area contributed by atoms with Gasteiger partial charge >= 0.3 is 0 Å². The Labute approximate surface area is 64.0 Å². The van der Waals surface area contributed by atoms with Gasteiger partial charge < -0.3 is 5.73 Å². The minimum atomic E-state index is 0.0832. The normalized spacial score (nSPS) is 32.4. The molecule has 0 bridgehead atoms. The zero-order valence-electron chi connectivity index (χ0n) is 7.35. The molecule has 0 amide bonds. The highest BCUT2D eigenvalue weighted by Gasteiger charge is 2.44. The van der Waals surface area contributed by atoms with E-state index in [2.05, 4.69) is 20.8 Å². The first-order chi connectivity index (χ1) is 4.55. The summed E-state index contributed by atoms with van der Waals surface area (Å²) in [7, 11) is 0. The molecule has 0 aliphatic heterocycles. The van der Waals surface area contributed by atoms with Crippen molar-refractivity contribution in [2.24, 2.45) is 17.6 Å². The van der Waals surface area contributed by atoms with Crippen LogP contribution in [0.4, 0.5) is 0 Å². The minimum Gasteiger partial charge on any atom is -0.325 e. The number of nitrogens with two attached hydrogens (primary N) is 1. The quantitative estimate of drug-likeness (QED) is 0.640. The molecule has 10 heavy (non-hydrogen) atoms. The van der Waals surface area contributed by atoms with Gasteiger partial charge in [-0.1, -0.05) is 19.8 Å². The van der Waals surface area contributed by atoms with E-state index in [1.807, 2.05) is 0 Å². The Balaban J connectivity index is 2.25. The second-order valence-corrected chi connectivity index (χ2v) is 4.21. The van der Waals surface area contributed by atoms with Gasteiger partial charge in [-0.15, -0.1) is 0 Å². The van der Waals surface area contributed by atoms with Gasteiger partial charge in [-0.2, -0.15) is 0 Å². The lowest BCUT2D eigenvalue weighted by molar-refractivity contribution is 0.416. The zero-order valence-corrected chi connectivity index (χ0v) is 7.35. The fourth-order valence-corrected chi connectivity index (χ4v) is 1.85. The van der Waals surface area contributed by atoms with E-state index < -0.39 is 0 Å². The van der Waals surface area contributed by atoms with Gasteiger partial charge in [0.1, 0.15) is 0 Å². The Kier molecular flexibility index (Phi) is 2.04. The second-order valence-electron chi connectivity index (χ2n) is 4.21. The van der Waals surface area contributed by atoms with E-state index in [9.17, 15) is 0 Å². The molecule has 60 valence electrons. The predicted octanol–water partition coefficient (Wildman–Crippen LogP) is 2.16. The van der Waals surface area contributed by atoms with Crippen molar-refractivity contribution in [3.63, 3.8) is 0 Å². The van der Waals surface area contributed by atoms with Crippen LogP contribution in [0.15, 0.2) is 0 Å². The predicted molar refractivity (Wildman–Crippen MR) is 44.8 cm³/mol. The topological polar surface area (TPSA) is 26.0 Å². The minimum absolute atomic E-state index is 0.0832. The van der Waals surface area contributed by atoms with Crippen molar-refractivity contribution in [2.75, 3.05) is 0 Å².